The van der Waals surface area contributed by atoms with Crippen LogP contribution in [-0.2, 0) is 4.74 Å². The maximum atomic E-state index is 11.4. The van der Waals surface area contributed by atoms with Crippen molar-refractivity contribution in [2.24, 2.45) is 0 Å². The molecule has 0 bridgehead atoms. The Hall–Kier alpha value is -1.58. The van der Waals surface area contributed by atoms with Gasteiger partial charge in [0.2, 0.25) is 0 Å². The lowest BCUT2D eigenvalue weighted by Gasteiger charge is -2.08. The van der Waals surface area contributed by atoms with Gasteiger partial charge in [0.1, 0.15) is 5.75 Å². The quantitative estimate of drug-likeness (QED) is 0.687. The Kier molecular flexibility index (Phi) is 3.45. The lowest BCUT2D eigenvalue weighted by atomic mass is 10.1. The minimum absolute atomic E-state index is 0.357. The Morgan fingerprint density at radius 1 is 1.50 bits per heavy atom. The van der Waals surface area contributed by atoms with Crippen LogP contribution in [-0.4, -0.2) is 24.7 Å². The zero-order valence-electron chi connectivity index (χ0n) is 8.53. The van der Waals surface area contributed by atoms with Crippen LogP contribution in [0.4, 0.5) is 0 Å². The summed E-state index contributed by atoms with van der Waals surface area (Å²) in [5.74, 6) is 0.229. The molecular formula is C10H13NO3. The molecule has 0 amide bonds. The van der Waals surface area contributed by atoms with Crippen molar-refractivity contribution in [3.63, 3.8) is 0 Å². The number of hydrogen-bond donors (Lipinski definition) is 0. The standard InChI is InChI=1S/C10H13NO3/c1-4-14-10(12)8-5-11-6-9(13-3)7(8)2/h5-6H,4H2,1-3H3. The van der Waals surface area contributed by atoms with Gasteiger partial charge in [-0.15, -0.1) is 0 Å². The number of pyridine rings is 1. The number of hydrogen-bond acceptors (Lipinski definition) is 4. The summed E-state index contributed by atoms with van der Waals surface area (Å²) in [6, 6.07) is 0. The van der Waals surface area contributed by atoms with Gasteiger partial charge in [0.05, 0.1) is 25.5 Å². The molecule has 0 saturated carbocycles. The SMILES string of the molecule is CCOC(=O)c1cncc(OC)c1C. The molecule has 1 heterocycles. The number of esters is 1. The van der Waals surface area contributed by atoms with Crippen molar-refractivity contribution >= 4 is 5.97 Å². The van der Waals surface area contributed by atoms with E-state index in [2.05, 4.69) is 4.98 Å². The van der Waals surface area contributed by atoms with E-state index < -0.39 is 0 Å². The minimum atomic E-state index is -0.364. The summed E-state index contributed by atoms with van der Waals surface area (Å²) in [5.41, 5.74) is 1.20. The molecule has 0 atom stereocenters. The number of carbonyl (C=O) groups is 1. The van der Waals surface area contributed by atoms with E-state index in [1.54, 1.807) is 27.2 Å². The second-order valence-electron chi connectivity index (χ2n) is 2.73. The van der Waals surface area contributed by atoms with Crippen molar-refractivity contribution in [2.45, 2.75) is 13.8 Å². The smallest absolute Gasteiger partial charge is 0.340 e. The van der Waals surface area contributed by atoms with Crippen molar-refractivity contribution in [3.8, 4) is 5.75 Å². The maximum Gasteiger partial charge on any atom is 0.340 e. The molecule has 0 aliphatic carbocycles. The monoisotopic (exact) mass is 195 g/mol. The zero-order valence-corrected chi connectivity index (χ0v) is 8.53. The van der Waals surface area contributed by atoms with Crippen molar-refractivity contribution in [2.75, 3.05) is 13.7 Å². The molecule has 0 N–H and O–H groups in total. The average molecular weight is 195 g/mol. The van der Waals surface area contributed by atoms with E-state index in [-0.39, 0.29) is 5.97 Å². The van der Waals surface area contributed by atoms with Gasteiger partial charge >= 0.3 is 5.97 Å². The van der Waals surface area contributed by atoms with Gasteiger partial charge in [0, 0.05) is 11.8 Å². The molecule has 0 aliphatic rings. The molecule has 4 nitrogen and oxygen atoms in total. The van der Waals surface area contributed by atoms with Crippen molar-refractivity contribution < 1.29 is 14.3 Å². The topological polar surface area (TPSA) is 48.4 Å². The van der Waals surface area contributed by atoms with Crippen LogP contribution in [0.5, 0.6) is 5.75 Å². The van der Waals surface area contributed by atoms with Crippen LogP contribution in [0.15, 0.2) is 12.4 Å². The predicted octanol–water partition coefficient (Wildman–Crippen LogP) is 1.58. The third-order valence-electron chi connectivity index (χ3n) is 1.88. The molecule has 76 valence electrons. The summed E-state index contributed by atoms with van der Waals surface area (Å²) in [4.78, 5) is 15.3. The van der Waals surface area contributed by atoms with Crippen LogP contribution in [0, 0.1) is 6.92 Å². The second kappa shape index (κ2) is 4.60. The Labute approximate surface area is 82.9 Å². The Morgan fingerprint density at radius 3 is 2.79 bits per heavy atom. The van der Waals surface area contributed by atoms with Gasteiger partial charge in [-0.3, -0.25) is 4.98 Å². The highest BCUT2D eigenvalue weighted by Gasteiger charge is 2.13. The van der Waals surface area contributed by atoms with Crippen LogP contribution in [0.1, 0.15) is 22.8 Å². The van der Waals surface area contributed by atoms with Crippen molar-refractivity contribution in [1.82, 2.24) is 4.98 Å². The average Bonchev–Trinajstić information content (AvgIpc) is 2.18. The fraction of sp³-hybridized carbons (Fsp3) is 0.400. The first-order valence-electron chi connectivity index (χ1n) is 4.36. The third-order valence-corrected chi connectivity index (χ3v) is 1.88. The normalized spacial score (nSPS) is 9.64. The number of rotatable bonds is 3. The number of nitrogens with zero attached hydrogens (tertiary/aromatic N) is 1. The van der Waals surface area contributed by atoms with E-state index in [1.165, 1.54) is 6.20 Å². The van der Waals surface area contributed by atoms with Gasteiger partial charge < -0.3 is 9.47 Å². The molecule has 14 heavy (non-hydrogen) atoms. The molecule has 0 saturated heterocycles. The number of ether oxygens (including phenoxy) is 2. The summed E-state index contributed by atoms with van der Waals surface area (Å²) in [6.45, 7) is 3.92. The number of aromatic nitrogens is 1. The molecule has 1 rings (SSSR count). The summed E-state index contributed by atoms with van der Waals surface area (Å²) in [5, 5.41) is 0. The number of methoxy groups -OCH3 is 1. The first kappa shape index (κ1) is 10.5. The fourth-order valence-electron chi connectivity index (χ4n) is 1.13. The van der Waals surface area contributed by atoms with Crippen molar-refractivity contribution in [3.05, 3.63) is 23.5 Å². The van der Waals surface area contributed by atoms with Gasteiger partial charge in [-0.1, -0.05) is 0 Å². The molecule has 0 unspecified atom stereocenters. The minimum Gasteiger partial charge on any atom is -0.495 e. The van der Waals surface area contributed by atoms with E-state index in [0.29, 0.717) is 17.9 Å². The van der Waals surface area contributed by atoms with Gasteiger partial charge in [-0.05, 0) is 13.8 Å². The lowest BCUT2D eigenvalue weighted by molar-refractivity contribution is 0.0524. The Balaban J connectivity index is 3.03. The van der Waals surface area contributed by atoms with Crippen LogP contribution < -0.4 is 4.74 Å². The van der Waals surface area contributed by atoms with Crippen LogP contribution in [0.25, 0.3) is 0 Å². The third kappa shape index (κ3) is 2.02. The molecule has 0 aliphatic heterocycles. The van der Waals surface area contributed by atoms with Crippen molar-refractivity contribution in [1.29, 1.82) is 0 Å². The van der Waals surface area contributed by atoms with E-state index in [0.717, 1.165) is 5.56 Å². The van der Waals surface area contributed by atoms with Gasteiger partial charge in [-0.25, -0.2) is 4.79 Å². The molecule has 0 fully saturated rings. The number of carbonyl (C=O) groups excluding carboxylic acids is 1. The molecule has 4 heteroatoms. The molecule has 0 spiro atoms. The summed E-state index contributed by atoms with van der Waals surface area (Å²) >= 11 is 0. The predicted molar refractivity (Wildman–Crippen MR) is 51.5 cm³/mol. The van der Waals surface area contributed by atoms with E-state index in [1.807, 2.05) is 0 Å². The molecule has 1 aromatic heterocycles. The van der Waals surface area contributed by atoms with E-state index >= 15 is 0 Å². The highest BCUT2D eigenvalue weighted by Crippen LogP contribution is 2.19. The van der Waals surface area contributed by atoms with Gasteiger partial charge in [-0.2, -0.15) is 0 Å². The molecule has 1 aromatic rings. The van der Waals surface area contributed by atoms with Crippen LogP contribution >= 0.6 is 0 Å². The lowest BCUT2D eigenvalue weighted by Crippen LogP contribution is -2.08. The fourth-order valence-corrected chi connectivity index (χ4v) is 1.13. The van der Waals surface area contributed by atoms with Crippen LogP contribution in [0.2, 0.25) is 0 Å². The maximum absolute atomic E-state index is 11.4. The molecule has 0 aromatic carbocycles. The highest BCUT2D eigenvalue weighted by atomic mass is 16.5. The summed E-state index contributed by atoms with van der Waals surface area (Å²) < 4.78 is 9.92. The molecular weight excluding hydrogens is 182 g/mol. The van der Waals surface area contributed by atoms with Gasteiger partial charge in [0.15, 0.2) is 0 Å². The van der Waals surface area contributed by atoms with Crippen LogP contribution in [0.3, 0.4) is 0 Å². The van der Waals surface area contributed by atoms with Gasteiger partial charge in [0.25, 0.3) is 0 Å². The highest BCUT2D eigenvalue weighted by molar-refractivity contribution is 5.91. The largest absolute Gasteiger partial charge is 0.495 e. The summed E-state index contributed by atoms with van der Waals surface area (Å²) in [6.07, 6.45) is 3.05. The van der Waals surface area contributed by atoms with E-state index in [9.17, 15) is 4.79 Å². The summed E-state index contributed by atoms with van der Waals surface area (Å²) in [7, 11) is 1.54. The first-order chi connectivity index (χ1) is 6.70. The Bertz CT molecular complexity index is 336. The zero-order chi connectivity index (χ0) is 10.6. The van der Waals surface area contributed by atoms with E-state index in [4.69, 9.17) is 9.47 Å². The second-order valence-corrected chi connectivity index (χ2v) is 2.73. The molecule has 0 radical (unpaired) electrons. The Morgan fingerprint density at radius 2 is 2.21 bits per heavy atom. The first-order valence-corrected chi connectivity index (χ1v) is 4.36.